The number of nitrogens with two attached hydrogens (primary N) is 1. The largest absolute Gasteiger partial charge is 0.370 e. The molecule has 1 aliphatic rings. The molecule has 2 rings (SSSR count). The quantitative estimate of drug-likeness (QED) is 0.362. The van der Waals surface area contributed by atoms with Crippen molar-refractivity contribution in [2.75, 3.05) is 6.54 Å². The number of nitrogens with one attached hydrogen (secondary N) is 1. The second-order valence-electron chi connectivity index (χ2n) is 5.13. The van der Waals surface area contributed by atoms with E-state index in [1.807, 2.05) is 6.92 Å². The van der Waals surface area contributed by atoms with E-state index < -0.39 is 0 Å². The summed E-state index contributed by atoms with van der Waals surface area (Å²) in [6.45, 7) is 6.95. The van der Waals surface area contributed by atoms with E-state index in [0.29, 0.717) is 19.0 Å². The lowest BCUT2D eigenvalue weighted by Gasteiger charge is -2.15. The van der Waals surface area contributed by atoms with Crippen molar-refractivity contribution in [2.24, 2.45) is 10.7 Å². The van der Waals surface area contributed by atoms with Crippen LogP contribution in [0.25, 0.3) is 0 Å². The highest BCUT2D eigenvalue weighted by molar-refractivity contribution is 14.0. The van der Waals surface area contributed by atoms with E-state index in [1.54, 1.807) is 0 Å². The fourth-order valence-electron chi connectivity index (χ4n) is 2.18. The van der Waals surface area contributed by atoms with Gasteiger partial charge in [-0.2, -0.15) is 0 Å². The molecule has 110 valence electrons. The molecule has 1 aromatic rings. The van der Waals surface area contributed by atoms with E-state index in [9.17, 15) is 0 Å². The number of hydrogen-bond donors (Lipinski definition) is 2. The highest BCUT2D eigenvalue weighted by Gasteiger charge is 2.10. The van der Waals surface area contributed by atoms with Crippen molar-refractivity contribution >= 4 is 29.9 Å². The van der Waals surface area contributed by atoms with Crippen molar-refractivity contribution < 1.29 is 0 Å². The molecular weight excluding hydrogens is 363 g/mol. The average Bonchev–Trinajstić information content (AvgIpc) is 2.42. The lowest BCUT2D eigenvalue weighted by molar-refractivity contribution is 0.663. The number of pyridine rings is 1. The maximum atomic E-state index is 5.78. The minimum atomic E-state index is 0. The minimum absolute atomic E-state index is 0. The summed E-state index contributed by atoms with van der Waals surface area (Å²) in [7, 11) is 0. The summed E-state index contributed by atoms with van der Waals surface area (Å²) in [5, 5.41) is 3.02. The van der Waals surface area contributed by atoms with Gasteiger partial charge in [-0.3, -0.25) is 4.98 Å². The van der Waals surface area contributed by atoms with Gasteiger partial charge < -0.3 is 11.1 Å². The standard InChI is InChI=1S/C15H22N4.HI/c1-11(2)9-17-15(16)18-10-13-8-7-12-5-3-4-6-14(12)19-13;/h7-8H,1,3-6,9-10H2,2H3,(H3,16,17,18);1H. The number of nitrogens with zero attached hydrogens (tertiary/aromatic N) is 2. The molecule has 0 spiro atoms. The van der Waals surface area contributed by atoms with Crippen LogP contribution in [0.2, 0.25) is 0 Å². The summed E-state index contributed by atoms with van der Waals surface area (Å²) >= 11 is 0. The average molecular weight is 386 g/mol. The van der Waals surface area contributed by atoms with Crippen LogP contribution in [0.3, 0.4) is 0 Å². The van der Waals surface area contributed by atoms with Crippen molar-refractivity contribution in [3.05, 3.63) is 41.2 Å². The zero-order valence-electron chi connectivity index (χ0n) is 12.0. The first-order valence-corrected chi connectivity index (χ1v) is 6.81. The topological polar surface area (TPSA) is 63.3 Å². The van der Waals surface area contributed by atoms with Crippen LogP contribution >= 0.6 is 24.0 Å². The number of aromatic nitrogens is 1. The predicted molar refractivity (Wildman–Crippen MR) is 94.4 cm³/mol. The van der Waals surface area contributed by atoms with Crippen molar-refractivity contribution in [1.29, 1.82) is 0 Å². The van der Waals surface area contributed by atoms with Gasteiger partial charge in [0.2, 0.25) is 0 Å². The third-order valence-electron chi connectivity index (χ3n) is 3.22. The molecule has 0 fully saturated rings. The Labute approximate surface area is 138 Å². The molecule has 0 unspecified atom stereocenters. The Kier molecular flexibility index (Phi) is 6.98. The fraction of sp³-hybridized carbons (Fsp3) is 0.467. The van der Waals surface area contributed by atoms with Crippen LogP contribution in [-0.2, 0) is 19.4 Å². The van der Waals surface area contributed by atoms with Crippen LogP contribution in [0.1, 0.15) is 36.7 Å². The first-order valence-electron chi connectivity index (χ1n) is 6.81. The minimum Gasteiger partial charge on any atom is -0.370 e. The van der Waals surface area contributed by atoms with Gasteiger partial charge in [-0.25, -0.2) is 4.99 Å². The molecule has 1 heterocycles. The Morgan fingerprint density at radius 3 is 2.90 bits per heavy atom. The molecule has 0 atom stereocenters. The molecule has 0 aliphatic heterocycles. The van der Waals surface area contributed by atoms with E-state index in [-0.39, 0.29) is 24.0 Å². The Hall–Kier alpha value is -1.11. The molecule has 0 amide bonds. The molecule has 0 radical (unpaired) electrons. The Morgan fingerprint density at radius 1 is 1.40 bits per heavy atom. The van der Waals surface area contributed by atoms with Crippen LogP contribution in [0.15, 0.2) is 29.3 Å². The summed E-state index contributed by atoms with van der Waals surface area (Å²) < 4.78 is 0. The summed E-state index contributed by atoms with van der Waals surface area (Å²) in [5.41, 5.74) is 10.4. The number of rotatable bonds is 4. The highest BCUT2D eigenvalue weighted by atomic mass is 127. The van der Waals surface area contributed by atoms with E-state index >= 15 is 0 Å². The van der Waals surface area contributed by atoms with Gasteiger partial charge in [-0.05, 0) is 44.2 Å². The smallest absolute Gasteiger partial charge is 0.189 e. The van der Waals surface area contributed by atoms with Crippen molar-refractivity contribution in [1.82, 2.24) is 10.3 Å². The molecule has 0 aromatic carbocycles. The van der Waals surface area contributed by atoms with Crippen LogP contribution in [0.4, 0.5) is 0 Å². The summed E-state index contributed by atoms with van der Waals surface area (Å²) in [5.74, 6) is 0.447. The molecule has 20 heavy (non-hydrogen) atoms. The zero-order valence-corrected chi connectivity index (χ0v) is 14.3. The fourth-order valence-corrected chi connectivity index (χ4v) is 2.18. The lowest BCUT2D eigenvalue weighted by Crippen LogP contribution is -2.32. The maximum Gasteiger partial charge on any atom is 0.189 e. The lowest BCUT2D eigenvalue weighted by atomic mass is 9.96. The third kappa shape index (κ3) is 5.11. The number of aryl methyl sites for hydroxylation is 2. The summed E-state index contributed by atoms with van der Waals surface area (Å²) in [4.78, 5) is 8.97. The molecule has 3 N–H and O–H groups in total. The van der Waals surface area contributed by atoms with Gasteiger partial charge in [0.05, 0.1) is 12.2 Å². The Balaban J connectivity index is 0.00000200. The Morgan fingerprint density at radius 2 is 2.15 bits per heavy atom. The number of guanidine groups is 1. The number of halogens is 1. The van der Waals surface area contributed by atoms with Gasteiger partial charge >= 0.3 is 0 Å². The molecule has 1 aliphatic carbocycles. The molecule has 0 saturated carbocycles. The summed E-state index contributed by atoms with van der Waals surface area (Å²) in [6, 6.07) is 4.24. The van der Waals surface area contributed by atoms with Gasteiger partial charge in [0, 0.05) is 12.2 Å². The van der Waals surface area contributed by atoms with E-state index in [2.05, 4.69) is 34.0 Å². The first kappa shape index (κ1) is 16.9. The molecule has 0 bridgehead atoms. The number of aliphatic imine (C=N–C) groups is 1. The van der Waals surface area contributed by atoms with Crippen LogP contribution < -0.4 is 11.1 Å². The van der Waals surface area contributed by atoms with Crippen molar-refractivity contribution in [3.63, 3.8) is 0 Å². The van der Waals surface area contributed by atoms with Crippen molar-refractivity contribution in [2.45, 2.75) is 39.2 Å². The number of fused-ring (bicyclic) bond motifs is 1. The second kappa shape index (κ2) is 8.24. The van der Waals surface area contributed by atoms with Crippen molar-refractivity contribution in [3.8, 4) is 0 Å². The molecule has 5 heteroatoms. The van der Waals surface area contributed by atoms with Gasteiger partial charge in [-0.15, -0.1) is 24.0 Å². The van der Waals surface area contributed by atoms with Gasteiger partial charge in [0.15, 0.2) is 5.96 Å². The predicted octanol–water partition coefficient (Wildman–Crippen LogP) is 2.56. The molecular formula is C15H23IN4. The van der Waals surface area contributed by atoms with Gasteiger partial charge in [-0.1, -0.05) is 18.2 Å². The highest BCUT2D eigenvalue weighted by Crippen LogP contribution is 2.19. The zero-order chi connectivity index (χ0) is 13.7. The van der Waals surface area contributed by atoms with Crippen LogP contribution in [0.5, 0.6) is 0 Å². The SMILES string of the molecule is C=C(C)CNC(N)=NCc1ccc2c(n1)CCCC2.I. The molecule has 4 nitrogen and oxygen atoms in total. The van der Waals surface area contributed by atoms with E-state index in [1.165, 1.54) is 24.1 Å². The van der Waals surface area contributed by atoms with Crippen LogP contribution in [0, 0.1) is 0 Å². The van der Waals surface area contributed by atoms with E-state index in [0.717, 1.165) is 24.1 Å². The molecule has 0 saturated heterocycles. The second-order valence-corrected chi connectivity index (χ2v) is 5.13. The molecule has 1 aromatic heterocycles. The van der Waals surface area contributed by atoms with E-state index in [4.69, 9.17) is 5.73 Å². The monoisotopic (exact) mass is 386 g/mol. The van der Waals surface area contributed by atoms with Gasteiger partial charge in [0.25, 0.3) is 0 Å². The Bertz CT molecular complexity index is 497. The van der Waals surface area contributed by atoms with Gasteiger partial charge in [0.1, 0.15) is 0 Å². The third-order valence-corrected chi connectivity index (χ3v) is 3.22. The van der Waals surface area contributed by atoms with Crippen LogP contribution in [-0.4, -0.2) is 17.5 Å². The maximum absolute atomic E-state index is 5.78. The normalized spacial score (nSPS) is 14.2. The first-order chi connectivity index (χ1) is 9.15. The number of hydrogen-bond acceptors (Lipinski definition) is 2. The summed E-state index contributed by atoms with van der Waals surface area (Å²) in [6.07, 6.45) is 4.78.